The monoisotopic (exact) mass is 285 g/mol. The lowest BCUT2D eigenvalue weighted by Gasteiger charge is -2.39. The van der Waals surface area contributed by atoms with Gasteiger partial charge in [-0.1, -0.05) is 0 Å². The molecular formula is C16H23N5. The largest absolute Gasteiger partial charge is 0.384 e. The third kappa shape index (κ3) is 2.20. The fourth-order valence-electron chi connectivity index (χ4n) is 4.08. The Bertz CT molecular complexity index is 582. The Kier molecular flexibility index (Phi) is 3.10. The minimum absolute atomic E-state index is 0.154. The zero-order chi connectivity index (χ0) is 14.4. The zero-order valence-electron chi connectivity index (χ0n) is 12.4. The van der Waals surface area contributed by atoms with Crippen LogP contribution < -0.4 is 10.6 Å². The maximum absolute atomic E-state index is 7.91. The van der Waals surface area contributed by atoms with E-state index in [4.69, 9.17) is 16.1 Å². The number of piperazine rings is 1. The molecule has 0 spiro atoms. The Morgan fingerprint density at radius 1 is 1.24 bits per heavy atom. The summed E-state index contributed by atoms with van der Waals surface area (Å²) in [4.78, 5) is 9.86. The van der Waals surface area contributed by atoms with Gasteiger partial charge in [0.15, 0.2) is 0 Å². The molecule has 3 N–H and O–H groups in total. The average molecular weight is 285 g/mol. The first-order chi connectivity index (χ1) is 10.2. The van der Waals surface area contributed by atoms with Crippen LogP contribution in [-0.2, 0) is 12.8 Å². The number of nitrogens with zero attached hydrogens (tertiary/aromatic N) is 3. The van der Waals surface area contributed by atoms with Gasteiger partial charge in [0, 0.05) is 31.4 Å². The first kappa shape index (κ1) is 13.1. The zero-order valence-corrected chi connectivity index (χ0v) is 12.4. The van der Waals surface area contributed by atoms with Crippen LogP contribution in [0.5, 0.6) is 0 Å². The van der Waals surface area contributed by atoms with Gasteiger partial charge in [-0.05, 0) is 50.3 Å². The molecule has 3 heterocycles. The predicted molar refractivity (Wildman–Crippen MR) is 84.1 cm³/mol. The molecule has 5 nitrogen and oxygen atoms in total. The van der Waals surface area contributed by atoms with Crippen LogP contribution in [0, 0.1) is 5.41 Å². The number of fused-ring (bicyclic) bond motifs is 2. The maximum atomic E-state index is 7.91. The van der Waals surface area contributed by atoms with Gasteiger partial charge < -0.3 is 10.6 Å². The van der Waals surface area contributed by atoms with Gasteiger partial charge in [-0.15, -0.1) is 0 Å². The van der Waals surface area contributed by atoms with Gasteiger partial charge in [0.1, 0.15) is 11.7 Å². The van der Waals surface area contributed by atoms with Crippen LogP contribution in [0.1, 0.15) is 36.1 Å². The predicted octanol–water partition coefficient (Wildman–Crippen LogP) is 1.14. The number of amidine groups is 1. The second-order valence-electron chi connectivity index (χ2n) is 6.51. The van der Waals surface area contributed by atoms with E-state index in [9.17, 15) is 0 Å². The SMILES string of the molecule is N=C(N)c1cc2c(nc1N1CCN3CCCC3C1)CCC2. The van der Waals surface area contributed by atoms with Crippen molar-refractivity contribution < 1.29 is 0 Å². The molecule has 2 aliphatic heterocycles. The molecule has 1 unspecified atom stereocenters. The third-order valence-electron chi connectivity index (χ3n) is 5.21. The van der Waals surface area contributed by atoms with Crippen molar-refractivity contribution in [1.82, 2.24) is 9.88 Å². The number of aromatic nitrogens is 1. The van der Waals surface area contributed by atoms with Crippen molar-refractivity contribution in [3.05, 3.63) is 22.9 Å². The number of aryl methyl sites for hydroxylation is 2. The Balaban J connectivity index is 1.68. The van der Waals surface area contributed by atoms with E-state index in [2.05, 4.69) is 15.9 Å². The lowest BCUT2D eigenvalue weighted by molar-refractivity contribution is 0.230. The molecule has 4 rings (SSSR count). The Hall–Kier alpha value is -1.62. The number of anilines is 1. The summed E-state index contributed by atoms with van der Waals surface area (Å²) in [5.74, 6) is 1.11. The third-order valence-corrected chi connectivity index (χ3v) is 5.21. The van der Waals surface area contributed by atoms with Crippen molar-refractivity contribution in [3.8, 4) is 0 Å². The molecule has 5 heteroatoms. The Morgan fingerprint density at radius 2 is 2.14 bits per heavy atom. The van der Waals surface area contributed by atoms with E-state index in [1.807, 2.05) is 0 Å². The highest BCUT2D eigenvalue weighted by Gasteiger charge is 2.32. The van der Waals surface area contributed by atoms with E-state index in [-0.39, 0.29) is 5.84 Å². The van der Waals surface area contributed by atoms with Crippen molar-refractivity contribution in [2.24, 2.45) is 5.73 Å². The molecule has 2 fully saturated rings. The summed E-state index contributed by atoms with van der Waals surface area (Å²) in [7, 11) is 0. The molecular weight excluding hydrogens is 262 g/mol. The van der Waals surface area contributed by atoms with E-state index in [1.54, 1.807) is 0 Å². The fraction of sp³-hybridized carbons (Fsp3) is 0.625. The molecule has 1 aliphatic carbocycles. The normalized spacial score (nSPS) is 25.0. The lowest BCUT2D eigenvalue weighted by Crippen LogP contribution is -2.51. The van der Waals surface area contributed by atoms with Crippen LogP contribution in [0.3, 0.4) is 0 Å². The van der Waals surface area contributed by atoms with E-state index in [0.717, 1.165) is 43.9 Å². The second-order valence-corrected chi connectivity index (χ2v) is 6.51. The summed E-state index contributed by atoms with van der Waals surface area (Å²) in [6.45, 7) is 4.39. The molecule has 0 aromatic carbocycles. The Labute approximate surface area is 125 Å². The van der Waals surface area contributed by atoms with Crippen LogP contribution >= 0.6 is 0 Å². The number of nitrogens with one attached hydrogen (secondary N) is 1. The number of hydrogen-bond acceptors (Lipinski definition) is 4. The highest BCUT2D eigenvalue weighted by Crippen LogP contribution is 2.30. The highest BCUT2D eigenvalue weighted by atomic mass is 15.3. The number of rotatable bonds is 2. The van der Waals surface area contributed by atoms with E-state index in [0.29, 0.717) is 6.04 Å². The van der Waals surface area contributed by atoms with Crippen LogP contribution in [0.25, 0.3) is 0 Å². The second kappa shape index (κ2) is 4.98. The maximum Gasteiger partial charge on any atom is 0.139 e. The molecule has 112 valence electrons. The standard InChI is InChI=1S/C16H23N5/c17-15(18)13-9-11-3-1-5-14(11)19-16(13)21-8-7-20-6-2-4-12(20)10-21/h9,12H,1-8,10H2,(H3,17,18). The van der Waals surface area contributed by atoms with E-state index < -0.39 is 0 Å². The average Bonchev–Trinajstić information content (AvgIpc) is 3.13. The molecule has 1 aromatic rings. The molecule has 0 amide bonds. The van der Waals surface area contributed by atoms with Gasteiger partial charge in [-0.3, -0.25) is 10.3 Å². The van der Waals surface area contributed by atoms with Crippen LogP contribution in [0.15, 0.2) is 6.07 Å². The molecule has 3 aliphatic rings. The summed E-state index contributed by atoms with van der Waals surface area (Å²) in [5, 5.41) is 7.91. The number of nitrogen functional groups attached to an aromatic ring is 1. The summed E-state index contributed by atoms with van der Waals surface area (Å²) in [5.41, 5.74) is 9.18. The van der Waals surface area contributed by atoms with Gasteiger partial charge >= 0.3 is 0 Å². The summed E-state index contributed by atoms with van der Waals surface area (Å²) in [6, 6.07) is 2.78. The van der Waals surface area contributed by atoms with Gasteiger partial charge in [0.2, 0.25) is 0 Å². The van der Waals surface area contributed by atoms with Crippen LogP contribution in [0.2, 0.25) is 0 Å². The number of pyridine rings is 1. The summed E-state index contributed by atoms with van der Waals surface area (Å²) < 4.78 is 0. The quantitative estimate of drug-likeness (QED) is 0.631. The van der Waals surface area contributed by atoms with Crippen molar-refractivity contribution in [2.45, 2.75) is 38.1 Å². The van der Waals surface area contributed by atoms with Crippen LogP contribution in [-0.4, -0.2) is 47.9 Å². The highest BCUT2D eigenvalue weighted by molar-refractivity contribution is 6.00. The summed E-state index contributed by atoms with van der Waals surface area (Å²) in [6.07, 6.45) is 5.94. The van der Waals surface area contributed by atoms with Gasteiger partial charge in [0.05, 0.1) is 5.56 Å². The van der Waals surface area contributed by atoms with Crippen molar-refractivity contribution in [1.29, 1.82) is 5.41 Å². The minimum Gasteiger partial charge on any atom is -0.384 e. The van der Waals surface area contributed by atoms with Crippen molar-refractivity contribution in [3.63, 3.8) is 0 Å². The fourth-order valence-corrected chi connectivity index (χ4v) is 4.08. The summed E-state index contributed by atoms with van der Waals surface area (Å²) >= 11 is 0. The van der Waals surface area contributed by atoms with E-state index in [1.165, 1.54) is 37.1 Å². The lowest BCUT2D eigenvalue weighted by atomic mass is 10.1. The van der Waals surface area contributed by atoms with Crippen LogP contribution in [0.4, 0.5) is 5.82 Å². The molecule has 0 saturated carbocycles. The smallest absolute Gasteiger partial charge is 0.139 e. The van der Waals surface area contributed by atoms with Gasteiger partial charge in [-0.25, -0.2) is 4.98 Å². The minimum atomic E-state index is 0.154. The Morgan fingerprint density at radius 3 is 3.00 bits per heavy atom. The molecule has 0 radical (unpaired) electrons. The topological polar surface area (TPSA) is 69.2 Å². The molecule has 1 atom stereocenters. The van der Waals surface area contributed by atoms with Gasteiger partial charge in [-0.2, -0.15) is 0 Å². The molecule has 21 heavy (non-hydrogen) atoms. The number of nitrogens with two attached hydrogens (primary N) is 1. The molecule has 2 saturated heterocycles. The van der Waals surface area contributed by atoms with Gasteiger partial charge in [0.25, 0.3) is 0 Å². The molecule has 1 aromatic heterocycles. The first-order valence-electron chi connectivity index (χ1n) is 8.08. The number of hydrogen-bond donors (Lipinski definition) is 2. The first-order valence-corrected chi connectivity index (χ1v) is 8.08. The van der Waals surface area contributed by atoms with Crippen molar-refractivity contribution in [2.75, 3.05) is 31.1 Å². The van der Waals surface area contributed by atoms with Crippen molar-refractivity contribution >= 4 is 11.7 Å². The van der Waals surface area contributed by atoms with E-state index >= 15 is 0 Å². The molecule has 0 bridgehead atoms.